The molecule has 2 aromatic carbocycles. The van der Waals surface area contributed by atoms with Crippen molar-refractivity contribution in [2.24, 2.45) is 4.99 Å². The van der Waals surface area contributed by atoms with Crippen LogP contribution >= 0.6 is 0 Å². The van der Waals surface area contributed by atoms with Crippen LogP contribution in [0.25, 0.3) is 0 Å². The maximum absolute atomic E-state index is 13.1. The van der Waals surface area contributed by atoms with Gasteiger partial charge in [0, 0.05) is 0 Å². The fourth-order valence-electron chi connectivity index (χ4n) is 5.30. The first kappa shape index (κ1) is 28.9. The van der Waals surface area contributed by atoms with Gasteiger partial charge in [0.25, 0.3) is 0 Å². The number of ether oxygens (including phenoxy) is 1. The van der Waals surface area contributed by atoms with E-state index in [4.69, 9.17) is 9.73 Å². The van der Waals surface area contributed by atoms with Crippen LogP contribution in [0.4, 0.5) is 17.2 Å². The van der Waals surface area contributed by atoms with Gasteiger partial charge in [-0.2, -0.15) is 10.3 Å². The summed E-state index contributed by atoms with van der Waals surface area (Å²) in [5, 5.41) is 20.5. The summed E-state index contributed by atoms with van der Waals surface area (Å²) in [4.78, 5) is 7.42. The van der Waals surface area contributed by atoms with E-state index in [9.17, 15) is 8.42 Å². The van der Waals surface area contributed by atoms with Crippen molar-refractivity contribution in [1.82, 2.24) is 20.3 Å². The van der Waals surface area contributed by atoms with Gasteiger partial charge in [0.15, 0.2) is 27.5 Å². The van der Waals surface area contributed by atoms with Gasteiger partial charge in [-0.15, -0.1) is 5.10 Å². The molecular weight excluding hydrogens is 540 g/mol. The van der Waals surface area contributed by atoms with Gasteiger partial charge in [0.1, 0.15) is 5.75 Å². The molecular formula is C29H40N8O3S. The number of fused-ring (bicyclic) bond motifs is 1. The van der Waals surface area contributed by atoms with E-state index in [0.29, 0.717) is 29.1 Å². The third-order valence-electron chi connectivity index (χ3n) is 7.58. The van der Waals surface area contributed by atoms with E-state index in [-0.39, 0.29) is 11.0 Å². The lowest BCUT2D eigenvalue weighted by atomic mass is 9.86. The molecule has 3 aromatic rings. The number of hydrogen-bond acceptors (Lipinski definition) is 10. The van der Waals surface area contributed by atoms with Crippen molar-refractivity contribution in [3.05, 3.63) is 53.2 Å². The molecule has 2 aliphatic heterocycles. The summed E-state index contributed by atoms with van der Waals surface area (Å²) in [7, 11) is -1.36. The van der Waals surface area contributed by atoms with Crippen LogP contribution in [-0.2, 0) is 9.84 Å². The summed E-state index contributed by atoms with van der Waals surface area (Å²) in [6, 6.07) is 11.1. The molecule has 220 valence electrons. The molecule has 1 fully saturated rings. The van der Waals surface area contributed by atoms with Crippen LogP contribution in [0.15, 0.2) is 46.3 Å². The normalized spacial score (nSPS) is 18.1. The first-order chi connectivity index (χ1) is 19.5. The van der Waals surface area contributed by atoms with Crippen LogP contribution in [0.3, 0.4) is 0 Å². The number of benzene rings is 2. The van der Waals surface area contributed by atoms with E-state index in [0.717, 1.165) is 37.4 Å². The lowest BCUT2D eigenvalue weighted by Crippen LogP contribution is -2.31. The zero-order valence-corrected chi connectivity index (χ0v) is 25.3. The monoisotopic (exact) mass is 580 g/mol. The van der Waals surface area contributed by atoms with Crippen LogP contribution < -0.4 is 20.7 Å². The molecule has 1 atom stereocenters. The van der Waals surface area contributed by atoms with E-state index in [1.54, 1.807) is 38.1 Å². The molecule has 0 amide bonds. The Bertz CT molecular complexity index is 1520. The summed E-state index contributed by atoms with van der Waals surface area (Å²) in [5.41, 5.74) is 4.28. The lowest BCUT2D eigenvalue weighted by Gasteiger charge is -2.31. The summed E-state index contributed by atoms with van der Waals surface area (Å²) in [6.07, 6.45) is 1.54. The number of H-pyrrole nitrogens is 1. The minimum atomic E-state index is -3.53. The Kier molecular flexibility index (Phi) is 8.23. The Morgan fingerprint density at radius 1 is 1.05 bits per heavy atom. The van der Waals surface area contributed by atoms with Gasteiger partial charge in [0.2, 0.25) is 5.96 Å². The zero-order valence-electron chi connectivity index (χ0n) is 24.5. The predicted octanol–water partition coefficient (Wildman–Crippen LogP) is 4.90. The van der Waals surface area contributed by atoms with E-state index >= 15 is 0 Å². The molecule has 0 radical (unpaired) electrons. The Morgan fingerprint density at radius 3 is 2.49 bits per heavy atom. The van der Waals surface area contributed by atoms with Crippen molar-refractivity contribution < 1.29 is 13.2 Å². The molecule has 1 unspecified atom stereocenters. The molecule has 0 aliphatic carbocycles. The first-order valence-electron chi connectivity index (χ1n) is 14.1. The number of guanidine groups is 1. The second-order valence-electron chi connectivity index (χ2n) is 11.4. The Hall–Kier alpha value is -3.64. The molecule has 0 spiro atoms. The summed E-state index contributed by atoms with van der Waals surface area (Å²) >= 11 is 0. The molecule has 5 rings (SSSR count). The number of hydrogen-bond donors (Lipinski definition) is 4. The average Bonchev–Trinajstić information content (AvgIpc) is 3.40. The molecule has 0 bridgehead atoms. The highest BCUT2D eigenvalue weighted by atomic mass is 32.2. The summed E-state index contributed by atoms with van der Waals surface area (Å²) in [5.74, 6) is 2.18. The highest BCUT2D eigenvalue weighted by Crippen LogP contribution is 2.38. The molecule has 11 nitrogen and oxygen atoms in total. The Balaban J connectivity index is 1.47. The molecule has 1 saturated heterocycles. The van der Waals surface area contributed by atoms with E-state index in [2.05, 4.69) is 62.4 Å². The van der Waals surface area contributed by atoms with E-state index < -0.39 is 21.3 Å². The Morgan fingerprint density at radius 2 is 1.78 bits per heavy atom. The van der Waals surface area contributed by atoms with Crippen molar-refractivity contribution in [1.29, 1.82) is 0 Å². The second-order valence-corrected chi connectivity index (χ2v) is 13.8. The van der Waals surface area contributed by atoms with Crippen LogP contribution in [-0.4, -0.2) is 66.2 Å². The molecule has 0 saturated carbocycles. The highest BCUT2D eigenvalue weighted by molar-refractivity contribution is 7.92. The van der Waals surface area contributed by atoms with Crippen molar-refractivity contribution >= 4 is 33.0 Å². The number of nitrogens with one attached hydrogen (secondary N) is 4. The SMILES string of the molecule is Cc1cc(NC2=NC(Nc3ccccc3S(=O)(=O)C(C)C)c3n[nH]nc3N2)c(OC(C)C)cc1C1CCN(C)CC1. The fourth-order valence-corrected chi connectivity index (χ4v) is 6.51. The highest BCUT2D eigenvalue weighted by Gasteiger charge is 2.30. The van der Waals surface area contributed by atoms with Gasteiger partial charge in [-0.3, -0.25) is 0 Å². The molecule has 2 aliphatic rings. The van der Waals surface area contributed by atoms with E-state index in [1.807, 2.05) is 13.8 Å². The number of aliphatic imine (C=N–C) groups is 1. The van der Waals surface area contributed by atoms with Crippen LogP contribution in [0, 0.1) is 6.92 Å². The number of nitrogens with zero attached hydrogens (tertiary/aromatic N) is 4. The third-order valence-corrected chi connectivity index (χ3v) is 9.79. The number of likely N-dealkylation sites (tertiary alicyclic amines) is 1. The molecule has 4 N–H and O–H groups in total. The number of rotatable bonds is 8. The van der Waals surface area contributed by atoms with Crippen molar-refractivity contribution in [3.8, 4) is 5.75 Å². The number of para-hydroxylation sites is 1. The maximum Gasteiger partial charge on any atom is 0.204 e. The number of sulfone groups is 1. The number of aromatic amines is 1. The molecule has 12 heteroatoms. The summed E-state index contributed by atoms with van der Waals surface area (Å²) in [6.45, 7) is 11.7. The number of piperidine rings is 1. The third kappa shape index (κ3) is 6.18. The molecule has 3 heterocycles. The van der Waals surface area contributed by atoms with Crippen molar-refractivity contribution in [2.75, 3.05) is 36.1 Å². The predicted molar refractivity (Wildman–Crippen MR) is 163 cm³/mol. The van der Waals surface area contributed by atoms with E-state index in [1.165, 1.54) is 11.1 Å². The van der Waals surface area contributed by atoms with Gasteiger partial charge < -0.3 is 25.6 Å². The van der Waals surface area contributed by atoms with Gasteiger partial charge >= 0.3 is 0 Å². The zero-order chi connectivity index (χ0) is 29.3. The van der Waals surface area contributed by atoms with Crippen molar-refractivity contribution in [3.63, 3.8) is 0 Å². The minimum absolute atomic E-state index is 0.0131. The standard InChI is InChI=1S/C29H40N8O3S/c1-17(2)40-24-16-21(20-11-13-37(6)14-12-20)19(5)15-23(24)31-29-32-27(26-28(33-29)35-36-34-26)30-22-9-7-8-10-25(22)41(38,39)18(3)4/h7-10,15-18,20,27,30H,11-14H2,1-6H3,(H3,31,32,33,34,35,36). The molecule has 1 aromatic heterocycles. The van der Waals surface area contributed by atoms with Gasteiger partial charge in [-0.05, 0) is 109 Å². The maximum atomic E-state index is 13.1. The van der Waals surface area contributed by atoms with Crippen molar-refractivity contribution in [2.45, 2.75) is 75.8 Å². The van der Waals surface area contributed by atoms with Crippen LogP contribution in [0.1, 0.15) is 69.4 Å². The number of anilines is 3. The first-order valence-corrected chi connectivity index (χ1v) is 15.7. The second kappa shape index (κ2) is 11.7. The smallest absolute Gasteiger partial charge is 0.204 e. The Labute approximate surface area is 242 Å². The van der Waals surface area contributed by atoms with Gasteiger partial charge in [-0.25, -0.2) is 13.4 Å². The number of aromatic nitrogens is 3. The summed E-state index contributed by atoms with van der Waals surface area (Å²) < 4.78 is 32.4. The quantitative estimate of drug-likeness (QED) is 0.293. The average molecular weight is 581 g/mol. The topological polar surface area (TPSA) is 137 Å². The number of aryl methyl sites for hydroxylation is 1. The van der Waals surface area contributed by atoms with Gasteiger partial charge in [0.05, 0.1) is 27.6 Å². The molecule has 41 heavy (non-hydrogen) atoms. The fraction of sp³-hybridized carbons (Fsp3) is 0.483. The minimum Gasteiger partial charge on any atom is -0.489 e. The van der Waals surface area contributed by atoms with Crippen LogP contribution in [0.2, 0.25) is 0 Å². The lowest BCUT2D eigenvalue weighted by molar-refractivity contribution is 0.241. The largest absolute Gasteiger partial charge is 0.489 e. The van der Waals surface area contributed by atoms with Gasteiger partial charge in [-0.1, -0.05) is 12.1 Å². The van der Waals surface area contributed by atoms with Crippen LogP contribution in [0.5, 0.6) is 5.75 Å².